The zero-order valence-corrected chi connectivity index (χ0v) is 10.9. The van der Waals surface area contributed by atoms with E-state index < -0.39 is 5.82 Å². The molecule has 0 spiro atoms. The Bertz CT molecular complexity index is 391. The van der Waals surface area contributed by atoms with Gasteiger partial charge in [0.05, 0.1) is 12.3 Å². The van der Waals surface area contributed by atoms with Gasteiger partial charge in [0, 0.05) is 18.2 Å². The molecule has 1 rings (SSSR count). The van der Waals surface area contributed by atoms with E-state index in [9.17, 15) is 9.18 Å². The molecule has 0 fully saturated rings. The van der Waals surface area contributed by atoms with Gasteiger partial charge in [0.2, 0.25) is 0 Å². The highest BCUT2D eigenvalue weighted by atomic mass is 19.1. The smallest absolute Gasteiger partial charge is 0.150 e. The number of rotatable bonds is 7. The number of hydrogen-bond acceptors (Lipinski definition) is 3. The number of aliphatic hydroxyl groups is 1. The fourth-order valence-electron chi connectivity index (χ4n) is 2.17. The summed E-state index contributed by atoms with van der Waals surface area (Å²) in [5, 5.41) is 9.11. The number of halogens is 1. The van der Waals surface area contributed by atoms with Crippen molar-refractivity contribution in [2.24, 2.45) is 0 Å². The Morgan fingerprint density at radius 1 is 1.39 bits per heavy atom. The van der Waals surface area contributed by atoms with E-state index in [2.05, 4.69) is 0 Å². The summed E-state index contributed by atoms with van der Waals surface area (Å²) in [4.78, 5) is 12.5. The number of nitrogens with zero attached hydrogens (tertiary/aromatic N) is 1. The molecular formula is C14H20FNO2. The van der Waals surface area contributed by atoms with E-state index >= 15 is 0 Å². The first-order chi connectivity index (χ1) is 8.67. The minimum atomic E-state index is -0.417. The van der Waals surface area contributed by atoms with E-state index in [0.29, 0.717) is 24.1 Å². The molecule has 0 aliphatic carbocycles. The van der Waals surface area contributed by atoms with Gasteiger partial charge < -0.3 is 10.0 Å². The van der Waals surface area contributed by atoms with Crippen molar-refractivity contribution >= 4 is 12.0 Å². The SMILES string of the molecule is CCC(CC)N(CCO)c1ccc(C=O)cc1F. The van der Waals surface area contributed by atoms with Crippen LogP contribution in [0.15, 0.2) is 18.2 Å². The number of aliphatic hydroxyl groups excluding tert-OH is 1. The Labute approximate surface area is 107 Å². The number of aldehydes is 1. The summed E-state index contributed by atoms with van der Waals surface area (Å²) in [6.07, 6.45) is 2.39. The molecular weight excluding hydrogens is 233 g/mol. The molecule has 0 bridgehead atoms. The molecule has 18 heavy (non-hydrogen) atoms. The number of carbonyl (C=O) groups is 1. The Balaban J connectivity index is 3.08. The number of anilines is 1. The molecule has 4 heteroatoms. The summed E-state index contributed by atoms with van der Waals surface area (Å²) in [6.45, 7) is 4.45. The third-order valence-corrected chi connectivity index (χ3v) is 3.14. The second kappa shape index (κ2) is 7.11. The van der Waals surface area contributed by atoms with Crippen LogP contribution in [0.1, 0.15) is 37.0 Å². The third kappa shape index (κ3) is 3.29. The molecule has 0 radical (unpaired) electrons. The molecule has 0 saturated heterocycles. The van der Waals surface area contributed by atoms with E-state index in [1.54, 1.807) is 12.1 Å². The van der Waals surface area contributed by atoms with Crippen LogP contribution in [0.5, 0.6) is 0 Å². The van der Waals surface area contributed by atoms with Gasteiger partial charge in [0.25, 0.3) is 0 Å². The fraction of sp³-hybridized carbons (Fsp3) is 0.500. The van der Waals surface area contributed by atoms with Gasteiger partial charge in [-0.05, 0) is 31.0 Å². The van der Waals surface area contributed by atoms with E-state index in [1.807, 2.05) is 18.7 Å². The van der Waals surface area contributed by atoms with Gasteiger partial charge in [0.15, 0.2) is 0 Å². The Morgan fingerprint density at radius 2 is 2.06 bits per heavy atom. The molecule has 3 nitrogen and oxygen atoms in total. The Kier molecular flexibility index (Phi) is 5.78. The van der Waals surface area contributed by atoms with Crippen molar-refractivity contribution in [1.29, 1.82) is 0 Å². The first kappa shape index (κ1) is 14.6. The third-order valence-electron chi connectivity index (χ3n) is 3.14. The molecule has 0 saturated carbocycles. The van der Waals surface area contributed by atoms with Crippen molar-refractivity contribution < 1.29 is 14.3 Å². The van der Waals surface area contributed by atoms with Crippen LogP contribution in [0.2, 0.25) is 0 Å². The lowest BCUT2D eigenvalue weighted by Crippen LogP contribution is -2.37. The topological polar surface area (TPSA) is 40.5 Å². The maximum atomic E-state index is 14.0. The Morgan fingerprint density at radius 3 is 2.50 bits per heavy atom. The van der Waals surface area contributed by atoms with E-state index in [1.165, 1.54) is 6.07 Å². The van der Waals surface area contributed by atoms with Gasteiger partial charge in [-0.1, -0.05) is 13.8 Å². The summed E-state index contributed by atoms with van der Waals surface area (Å²) >= 11 is 0. The van der Waals surface area contributed by atoms with Crippen molar-refractivity contribution in [3.05, 3.63) is 29.6 Å². The van der Waals surface area contributed by atoms with Crippen LogP contribution in [0, 0.1) is 5.82 Å². The average molecular weight is 253 g/mol. The van der Waals surface area contributed by atoms with E-state index in [-0.39, 0.29) is 12.6 Å². The molecule has 0 heterocycles. The standard InChI is InChI=1S/C14H20FNO2/c1-3-12(4-2)16(7-8-17)14-6-5-11(10-18)9-13(14)15/h5-6,9-10,12,17H,3-4,7-8H2,1-2H3. The average Bonchev–Trinajstić information content (AvgIpc) is 2.39. The molecule has 0 aliphatic heterocycles. The largest absolute Gasteiger partial charge is 0.395 e. The van der Waals surface area contributed by atoms with Gasteiger partial charge >= 0.3 is 0 Å². The lowest BCUT2D eigenvalue weighted by Gasteiger charge is -2.32. The van der Waals surface area contributed by atoms with Crippen molar-refractivity contribution in [3.8, 4) is 0 Å². The summed E-state index contributed by atoms with van der Waals surface area (Å²) in [5.41, 5.74) is 0.771. The molecule has 0 aromatic heterocycles. The van der Waals surface area contributed by atoms with Crippen molar-refractivity contribution in [2.45, 2.75) is 32.7 Å². The normalized spacial score (nSPS) is 10.7. The zero-order valence-electron chi connectivity index (χ0n) is 10.9. The zero-order chi connectivity index (χ0) is 13.5. The second-order valence-corrected chi connectivity index (χ2v) is 4.22. The monoisotopic (exact) mass is 253 g/mol. The predicted octanol–water partition coefficient (Wildman–Crippen LogP) is 2.63. The summed E-state index contributed by atoms with van der Waals surface area (Å²) in [5.74, 6) is -0.417. The summed E-state index contributed by atoms with van der Waals surface area (Å²) < 4.78 is 14.0. The van der Waals surface area contributed by atoms with Crippen LogP contribution in [0.25, 0.3) is 0 Å². The maximum Gasteiger partial charge on any atom is 0.150 e. The van der Waals surface area contributed by atoms with Crippen LogP contribution in [-0.4, -0.2) is 30.6 Å². The molecule has 1 aromatic carbocycles. The van der Waals surface area contributed by atoms with Crippen molar-refractivity contribution in [2.75, 3.05) is 18.1 Å². The summed E-state index contributed by atoms with van der Waals surface area (Å²) in [7, 11) is 0. The number of carbonyl (C=O) groups excluding carboxylic acids is 1. The highest BCUT2D eigenvalue weighted by Crippen LogP contribution is 2.24. The Hall–Kier alpha value is -1.42. The van der Waals surface area contributed by atoms with Crippen LogP contribution in [-0.2, 0) is 0 Å². The lowest BCUT2D eigenvalue weighted by atomic mass is 10.1. The van der Waals surface area contributed by atoms with Crippen LogP contribution < -0.4 is 4.90 Å². The minimum Gasteiger partial charge on any atom is -0.395 e. The van der Waals surface area contributed by atoms with Crippen molar-refractivity contribution in [1.82, 2.24) is 0 Å². The molecule has 0 unspecified atom stereocenters. The second-order valence-electron chi connectivity index (χ2n) is 4.22. The fourth-order valence-corrected chi connectivity index (χ4v) is 2.17. The van der Waals surface area contributed by atoms with Crippen LogP contribution in [0.4, 0.5) is 10.1 Å². The van der Waals surface area contributed by atoms with Gasteiger partial charge in [-0.2, -0.15) is 0 Å². The lowest BCUT2D eigenvalue weighted by molar-refractivity contribution is 0.112. The number of hydrogen-bond donors (Lipinski definition) is 1. The van der Waals surface area contributed by atoms with Gasteiger partial charge in [-0.25, -0.2) is 4.39 Å². The minimum absolute atomic E-state index is 0.0224. The maximum absolute atomic E-state index is 14.0. The summed E-state index contributed by atoms with van der Waals surface area (Å²) in [6, 6.07) is 4.62. The first-order valence-corrected chi connectivity index (χ1v) is 6.30. The predicted molar refractivity (Wildman–Crippen MR) is 70.6 cm³/mol. The number of benzene rings is 1. The molecule has 1 N–H and O–H groups in total. The highest BCUT2D eigenvalue weighted by molar-refractivity contribution is 5.76. The molecule has 100 valence electrons. The van der Waals surface area contributed by atoms with Crippen LogP contribution >= 0.6 is 0 Å². The van der Waals surface area contributed by atoms with Crippen molar-refractivity contribution in [3.63, 3.8) is 0 Å². The molecule has 0 amide bonds. The molecule has 0 aliphatic rings. The molecule has 1 aromatic rings. The van der Waals surface area contributed by atoms with Gasteiger partial charge in [0.1, 0.15) is 12.1 Å². The highest BCUT2D eigenvalue weighted by Gasteiger charge is 2.18. The van der Waals surface area contributed by atoms with Crippen LogP contribution in [0.3, 0.4) is 0 Å². The van der Waals surface area contributed by atoms with Gasteiger partial charge in [-0.15, -0.1) is 0 Å². The van der Waals surface area contributed by atoms with Gasteiger partial charge in [-0.3, -0.25) is 4.79 Å². The van der Waals surface area contributed by atoms with E-state index in [0.717, 1.165) is 12.8 Å². The first-order valence-electron chi connectivity index (χ1n) is 6.30. The van der Waals surface area contributed by atoms with E-state index in [4.69, 9.17) is 5.11 Å². The quantitative estimate of drug-likeness (QED) is 0.759. The molecule has 0 atom stereocenters.